The van der Waals surface area contributed by atoms with Crippen molar-refractivity contribution in [2.24, 2.45) is 0 Å². The predicted octanol–water partition coefficient (Wildman–Crippen LogP) is 2.26. The summed E-state index contributed by atoms with van der Waals surface area (Å²) >= 11 is 0. The highest BCUT2D eigenvalue weighted by Crippen LogP contribution is 2.18. The van der Waals surface area contributed by atoms with E-state index in [1.54, 1.807) is 24.5 Å². The van der Waals surface area contributed by atoms with Gasteiger partial charge >= 0.3 is 0 Å². The van der Waals surface area contributed by atoms with Gasteiger partial charge in [0, 0.05) is 23.9 Å². The standard InChI is InChI=1S/C11H14N4O/c1-11(2,3)10-14-9(16-15-10)5-4-8-12-6-7-13-8/h4-7H,1-3H3,(H,12,13). The Labute approximate surface area is 93.6 Å². The number of aromatic nitrogens is 4. The first-order valence-corrected chi connectivity index (χ1v) is 5.07. The molecule has 0 aliphatic carbocycles. The molecule has 0 unspecified atom stereocenters. The van der Waals surface area contributed by atoms with Crippen LogP contribution in [0.3, 0.4) is 0 Å². The fraction of sp³-hybridized carbons (Fsp3) is 0.364. The molecule has 2 rings (SSSR count). The second kappa shape index (κ2) is 3.92. The summed E-state index contributed by atoms with van der Waals surface area (Å²) < 4.78 is 5.10. The summed E-state index contributed by atoms with van der Waals surface area (Å²) in [6, 6.07) is 0. The normalized spacial score (nSPS) is 12.4. The number of aromatic amines is 1. The van der Waals surface area contributed by atoms with Crippen LogP contribution < -0.4 is 0 Å². The van der Waals surface area contributed by atoms with Gasteiger partial charge in [-0.15, -0.1) is 0 Å². The van der Waals surface area contributed by atoms with Crippen molar-refractivity contribution in [1.82, 2.24) is 20.1 Å². The van der Waals surface area contributed by atoms with E-state index in [1.807, 2.05) is 20.8 Å². The molecule has 5 nitrogen and oxygen atoms in total. The van der Waals surface area contributed by atoms with Gasteiger partial charge in [-0.3, -0.25) is 0 Å². The van der Waals surface area contributed by atoms with Gasteiger partial charge in [-0.2, -0.15) is 4.98 Å². The molecule has 84 valence electrons. The molecule has 2 heterocycles. The Bertz CT molecular complexity index is 476. The highest BCUT2D eigenvalue weighted by atomic mass is 16.5. The molecule has 0 amide bonds. The first kappa shape index (κ1) is 10.6. The molecule has 2 aromatic heterocycles. The lowest BCUT2D eigenvalue weighted by molar-refractivity contribution is 0.387. The molecular formula is C11H14N4O. The second-order valence-electron chi connectivity index (χ2n) is 4.51. The van der Waals surface area contributed by atoms with Crippen molar-refractivity contribution in [3.05, 3.63) is 29.9 Å². The van der Waals surface area contributed by atoms with Crippen molar-refractivity contribution in [3.63, 3.8) is 0 Å². The molecule has 0 saturated heterocycles. The highest BCUT2D eigenvalue weighted by molar-refractivity contribution is 5.61. The van der Waals surface area contributed by atoms with Gasteiger partial charge in [0.25, 0.3) is 5.89 Å². The first-order valence-electron chi connectivity index (χ1n) is 5.07. The zero-order valence-electron chi connectivity index (χ0n) is 9.56. The summed E-state index contributed by atoms with van der Waals surface area (Å²) in [5, 5.41) is 3.92. The average Bonchev–Trinajstić information content (AvgIpc) is 2.85. The number of H-pyrrole nitrogens is 1. The third-order valence-corrected chi connectivity index (χ3v) is 2.02. The third kappa shape index (κ3) is 2.36. The van der Waals surface area contributed by atoms with Crippen LogP contribution in [0.5, 0.6) is 0 Å². The Morgan fingerprint density at radius 2 is 2.12 bits per heavy atom. The molecule has 0 aliphatic rings. The number of hydrogen-bond donors (Lipinski definition) is 1. The fourth-order valence-electron chi connectivity index (χ4n) is 1.13. The second-order valence-corrected chi connectivity index (χ2v) is 4.51. The number of hydrogen-bond acceptors (Lipinski definition) is 4. The van der Waals surface area contributed by atoms with Gasteiger partial charge < -0.3 is 9.51 Å². The van der Waals surface area contributed by atoms with E-state index < -0.39 is 0 Å². The van der Waals surface area contributed by atoms with Gasteiger partial charge in [0.15, 0.2) is 5.82 Å². The van der Waals surface area contributed by atoms with E-state index in [0.29, 0.717) is 11.7 Å². The lowest BCUT2D eigenvalue weighted by Gasteiger charge is -2.10. The molecule has 0 radical (unpaired) electrons. The van der Waals surface area contributed by atoms with Gasteiger partial charge in [-0.1, -0.05) is 25.9 Å². The SMILES string of the molecule is CC(C)(C)c1noc(C=Cc2ncc[nH]2)n1. The zero-order valence-corrected chi connectivity index (χ0v) is 9.56. The molecule has 16 heavy (non-hydrogen) atoms. The van der Waals surface area contributed by atoms with Crippen molar-refractivity contribution in [2.75, 3.05) is 0 Å². The van der Waals surface area contributed by atoms with E-state index in [0.717, 1.165) is 5.82 Å². The summed E-state index contributed by atoms with van der Waals surface area (Å²) in [5.74, 6) is 1.95. The lowest BCUT2D eigenvalue weighted by Crippen LogP contribution is -2.13. The Morgan fingerprint density at radius 3 is 2.69 bits per heavy atom. The van der Waals surface area contributed by atoms with Crippen LogP contribution in [0.1, 0.15) is 38.3 Å². The van der Waals surface area contributed by atoms with Gasteiger partial charge in [-0.25, -0.2) is 4.98 Å². The van der Waals surface area contributed by atoms with Gasteiger partial charge in [0.05, 0.1) is 0 Å². The molecule has 2 aromatic rings. The molecule has 0 atom stereocenters. The molecule has 0 saturated carbocycles. The average molecular weight is 218 g/mol. The molecule has 5 heteroatoms. The molecule has 0 spiro atoms. The van der Waals surface area contributed by atoms with Crippen molar-refractivity contribution >= 4 is 12.2 Å². The third-order valence-electron chi connectivity index (χ3n) is 2.02. The number of nitrogens with zero attached hydrogens (tertiary/aromatic N) is 3. The Morgan fingerprint density at radius 1 is 1.31 bits per heavy atom. The number of nitrogens with one attached hydrogen (secondary N) is 1. The summed E-state index contributed by atoms with van der Waals surface area (Å²) in [6.45, 7) is 6.12. The predicted molar refractivity (Wildman–Crippen MR) is 60.5 cm³/mol. The van der Waals surface area contributed by atoms with Crippen molar-refractivity contribution in [1.29, 1.82) is 0 Å². The largest absolute Gasteiger partial charge is 0.345 e. The minimum Gasteiger partial charge on any atom is -0.345 e. The fourth-order valence-corrected chi connectivity index (χ4v) is 1.13. The van der Waals surface area contributed by atoms with E-state index in [2.05, 4.69) is 20.1 Å². The molecule has 0 aliphatic heterocycles. The topological polar surface area (TPSA) is 67.6 Å². The summed E-state index contributed by atoms with van der Waals surface area (Å²) in [4.78, 5) is 11.3. The first-order chi connectivity index (χ1) is 7.55. The van der Waals surface area contributed by atoms with Crippen molar-refractivity contribution in [2.45, 2.75) is 26.2 Å². The molecular weight excluding hydrogens is 204 g/mol. The van der Waals surface area contributed by atoms with Crippen LogP contribution >= 0.6 is 0 Å². The summed E-state index contributed by atoms with van der Waals surface area (Å²) in [6.07, 6.45) is 6.98. The van der Waals surface area contributed by atoms with Crippen LogP contribution in [0.4, 0.5) is 0 Å². The number of rotatable bonds is 2. The smallest absolute Gasteiger partial charge is 0.250 e. The quantitative estimate of drug-likeness (QED) is 0.839. The Kier molecular flexibility index (Phi) is 2.60. The maximum atomic E-state index is 5.10. The minimum atomic E-state index is -0.0970. The van der Waals surface area contributed by atoms with Gasteiger partial charge in [0.1, 0.15) is 5.82 Å². The van der Waals surface area contributed by atoms with E-state index in [1.165, 1.54) is 0 Å². The molecule has 1 N–H and O–H groups in total. The summed E-state index contributed by atoms with van der Waals surface area (Å²) in [5.41, 5.74) is -0.0970. The van der Waals surface area contributed by atoms with Crippen LogP contribution in [0.15, 0.2) is 16.9 Å². The van der Waals surface area contributed by atoms with Crippen molar-refractivity contribution in [3.8, 4) is 0 Å². The maximum absolute atomic E-state index is 5.10. The Hall–Kier alpha value is -1.91. The molecule has 0 aromatic carbocycles. The number of imidazole rings is 1. The molecule has 0 bridgehead atoms. The van der Waals surface area contributed by atoms with E-state index in [9.17, 15) is 0 Å². The van der Waals surface area contributed by atoms with Gasteiger partial charge in [-0.05, 0) is 6.08 Å². The van der Waals surface area contributed by atoms with Crippen LogP contribution in [0.25, 0.3) is 12.2 Å². The highest BCUT2D eigenvalue weighted by Gasteiger charge is 2.19. The van der Waals surface area contributed by atoms with Crippen LogP contribution in [0, 0.1) is 0 Å². The van der Waals surface area contributed by atoms with E-state index in [-0.39, 0.29) is 5.41 Å². The van der Waals surface area contributed by atoms with Crippen molar-refractivity contribution < 1.29 is 4.52 Å². The van der Waals surface area contributed by atoms with Crippen LogP contribution in [0.2, 0.25) is 0 Å². The van der Waals surface area contributed by atoms with E-state index >= 15 is 0 Å². The zero-order chi connectivity index (χ0) is 11.6. The maximum Gasteiger partial charge on any atom is 0.250 e. The van der Waals surface area contributed by atoms with Crippen LogP contribution in [-0.4, -0.2) is 20.1 Å². The monoisotopic (exact) mass is 218 g/mol. The van der Waals surface area contributed by atoms with Crippen LogP contribution in [-0.2, 0) is 5.41 Å². The summed E-state index contributed by atoms with van der Waals surface area (Å²) in [7, 11) is 0. The van der Waals surface area contributed by atoms with Gasteiger partial charge in [0.2, 0.25) is 0 Å². The molecule has 0 fully saturated rings. The lowest BCUT2D eigenvalue weighted by atomic mass is 9.96. The Balaban J connectivity index is 2.15. The minimum absolute atomic E-state index is 0.0970. The van der Waals surface area contributed by atoms with E-state index in [4.69, 9.17) is 4.52 Å².